The molecule has 4 N–H and O–H groups in total. The summed E-state index contributed by atoms with van der Waals surface area (Å²) in [7, 11) is -4.59. The monoisotopic (exact) mass is 563 g/mol. The van der Waals surface area contributed by atoms with Gasteiger partial charge in [0, 0.05) is 13.0 Å². The Morgan fingerprint density at radius 1 is 0.632 bits per heavy atom. The molecular weight excluding hydrogens is 501 g/mol. The standard InChI is InChI=1S/C30H62NO6P/c1-2-3-4-5-6-7-8-9-10-11-12-13-14-15-16-17-18-19-20-21-22-23-24-25-26-30(33)31-27-29(32)28-37-38(34,35)36/h29,32H,2-28H2,1H3,(H,31,33)(H2,34,35,36). The van der Waals surface area contributed by atoms with Crippen molar-refractivity contribution in [1.29, 1.82) is 0 Å². The van der Waals surface area contributed by atoms with Crippen LogP contribution in [0.25, 0.3) is 0 Å². The Hall–Kier alpha value is -0.460. The van der Waals surface area contributed by atoms with Gasteiger partial charge in [-0.2, -0.15) is 0 Å². The predicted octanol–water partition coefficient (Wildman–Crippen LogP) is 8.35. The molecule has 7 nitrogen and oxygen atoms in total. The van der Waals surface area contributed by atoms with Crippen LogP contribution in [0.4, 0.5) is 0 Å². The van der Waals surface area contributed by atoms with Gasteiger partial charge in [-0.3, -0.25) is 9.32 Å². The first-order valence-electron chi connectivity index (χ1n) is 16.0. The van der Waals surface area contributed by atoms with E-state index in [1.807, 2.05) is 0 Å². The lowest BCUT2D eigenvalue weighted by molar-refractivity contribution is -0.121. The van der Waals surface area contributed by atoms with Crippen molar-refractivity contribution in [3.63, 3.8) is 0 Å². The number of hydrogen-bond donors (Lipinski definition) is 4. The molecule has 1 atom stereocenters. The van der Waals surface area contributed by atoms with E-state index in [1.54, 1.807) is 0 Å². The third-order valence-electron chi connectivity index (χ3n) is 7.23. The highest BCUT2D eigenvalue weighted by atomic mass is 31.2. The molecule has 8 heteroatoms. The summed E-state index contributed by atoms with van der Waals surface area (Å²) in [4.78, 5) is 28.9. The third-order valence-corrected chi connectivity index (χ3v) is 7.71. The van der Waals surface area contributed by atoms with Crippen molar-refractivity contribution >= 4 is 13.7 Å². The van der Waals surface area contributed by atoms with Crippen LogP contribution < -0.4 is 5.32 Å². The second-order valence-electron chi connectivity index (χ2n) is 11.1. The topological polar surface area (TPSA) is 116 Å². The molecule has 0 radical (unpaired) electrons. The van der Waals surface area contributed by atoms with E-state index >= 15 is 0 Å². The number of phosphoric acid groups is 1. The van der Waals surface area contributed by atoms with Gasteiger partial charge in [0.05, 0.1) is 12.7 Å². The quantitative estimate of drug-likeness (QED) is 0.0515. The minimum absolute atomic E-state index is 0.0712. The Balaban J connectivity index is 3.20. The van der Waals surface area contributed by atoms with Gasteiger partial charge in [-0.1, -0.05) is 155 Å². The highest BCUT2D eigenvalue weighted by Gasteiger charge is 2.17. The molecule has 0 saturated carbocycles. The maximum Gasteiger partial charge on any atom is 0.469 e. The zero-order valence-electron chi connectivity index (χ0n) is 24.7. The summed E-state index contributed by atoms with van der Waals surface area (Å²) in [5.74, 6) is -0.154. The van der Waals surface area contributed by atoms with E-state index in [2.05, 4.69) is 16.8 Å². The summed E-state index contributed by atoms with van der Waals surface area (Å²) < 4.78 is 14.8. The van der Waals surface area contributed by atoms with Gasteiger partial charge >= 0.3 is 7.82 Å². The molecule has 1 unspecified atom stereocenters. The number of aliphatic hydroxyl groups excluding tert-OH is 1. The third kappa shape index (κ3) is 31.8. The molecule has 0 spiro atoms. The van der Waals surface area contributed by atoms with Gasteiger partial charge in [0.25, 0.3) is 0 Å². The average Bonchev–Trinajstić information content (AvgIpc) is 2.88. The molecule has 0 bridgehead atoms. The Labute approximate surface area is 234 Å². The smallest absolute Gasteiger partial charge is 0.389 e. The van der Waals surface area contributed by atoms with Crippen molar-refractivity contribution < 1.29 is 28.8 Å². The molecule has 0 aliphatic heterocycles. The van der Waals surface area contributed by atoms with Crippen molar-refractivity contribution in [1.82, 2.24) is 5.32 Å². The molecule has 0 aliphatic carbocycles. The lowest BCUT2D eigenvalue weighted by atomic mass is 10.0. The summed E-state index contributed by atoms with van der Waals surface area (Å²) in [6.45, 7) is 1.70. The van der Waals surface area contributed by atoms with Crippen molar-refractivity contribution in [2.45, 2.75) is 174 Å². The van der Waals surface area contributed by atoms with Crippen molar-refractivity contribution in [2.24, 2.45) is 0 Å². The highest BCUT2D eigenvalue weighted by molar-refractivity contribution is 7.46. The van der Waals surface area contributed by atoms with E-state index in [0.717, 1.165) is 19.3 Å². The molecule has 0 fully saturated rings. The summed E-state index contributed by atoms with van der Waals surface area (Å²) in [6, 6.07) is 0. The van der Waals surface area contributed by atoms with Crippen LogP contribution in [0.2, 0.25) is 0 Å². The van der Waals surface area contributed by atoms with Gasteiger partial charge in [-0.05, 0) is 6.42 Å². The fraction of sp³-hybridized carbons (Fsp3) is 0.967. The molecule has 0 rings (SSSR count). The first-order chi connectivity index (χ1) is 18.3. The summed E-state index contributed by atoms with van der Waals surface area (Å²) in [5.41, 5.74) is 0. The van der Waals surface area contributed by atoms with Crippen molar-refractivity contribution in [3.05, 3.63) is 0 Å². The lowest BCUT2D eigenvalue weighted by Crippen LogP contribution is -2.34. The number of amides is 1. The van der Waals surface area contributed by atoms with Crippen LogP contribution in [0.3, 0.4) is 0 Å². The summed E-state index contributed by atoms with van der Waals surface area (Å²) >= 11 is 0. The molecule has 0 aliphatic rings. The zero-order chi connectivity index (χ0) is 28.2. The number of nitrogens with one attached hydrogen (secondary N) is 1. The van der Waals surface area contributed by atoms with Crippen LogP contribution in [0.1, 0.15) is 167 Å². The van der Waals surface area contributed by atoms with Crippen LogP contribution in [0.5, 0.6) is 0 Å². The van der Waals surface area contributed by atoms with Crippen LogP contribution >= 0.6 is 7.82 Å². The van der Waals surface area contributed by atoms with E-state index < -0.39 is 20.5 Å². The summed E-state index contributed by atoms with van der Waals surface area (Å²) in [6.07, 6.45) is 31.6. The predicted molar refractivity (Wildman–Crippen MR) is 158 cm³/mol. The zero-order valence-corrected chi connectivity index (χ0v) is 25.6. The Morgan fingerprint density at radius 2 is 0.947 bits per heavy atom. The van der Waals surface area contributed by atoms with Gasteiger partial charge in [-0.25, -0.2) is 4.57 Å². The van der Waals surface area contributed by atoms with E-state index in [9.17, 15) is 14.5 Å². The van der Waals surface area contributed by atoms with E-state index in [-0.39, 0.29) is 12.5 Å². The fourth-order valence-corrected chi connectivity index (χ4v) is 5.18. The number of hydrogen-bond acceptors (Lipinski definition) is 4. The maximum atomic E-state index is 11.8. The largest absolute Gasteiger partial charge is 0.469 e. The van der Waals surface area contributed by atoms with Crippen LogP contribution in [-0.4, -0.2) is 40.1 Å². The lowest BCUT2D eigenvalue weighted by Gasteiger charge is -2.12. The second kappa shape index (κ2) is 28.1. The van der Waals surface area contributed by atoms with Crippen LogP contribution in [-0.2, 0) is 13.9 Å². The van der Waals surface area contributed by atoms with Crippen molar-refractivity contribution in [3.8, 4) is 0 Å². The molecule has 0 aromatic carbocycles. The fourth-order valence-electron chi connectivity index (χ4n) is 4.81. The number of phosphoric ester groups is 1. The van der Waals surface area contributed by atoms with Gasteiger partial charge in [0.1, 0.15) is 0 Å². The molecule has 0 aromatic rings. The molecule has 0 saturated heterocycles. The van der Waals surface area contributed by atoms with Gasteiger partial charge in [0.2, 0.25) is 5.91 Å². The van der Waals surface area contributed by atoms with E-state index in [4.69, 9.17) is 9.79 Å². The molecule has 228 valence electrons. The second-order valence-corrected chi connectivity index (χ2v) is 12.4. The minimum atomic E-state index is -4.59. The maximum absolute atomic E-state index is 11.8. The van der Waals surface area contributed by atoms with Gasteiger partial charge < -0.3 is 20.2 Å². The number of carbonyl (C=O) groups excluding carboxylic acids is 1. The van der Waals surface area contributed by atoms with Crippen LogP contribution in [0, 0.1) is 0 Å². The molecule has 0 aromatic heterocycles. The highest BCUT2D eigenvalue weighted by Crippen LogP contribution is 2.35. The Morgan fingerprint density at radius 3 is 1.26 bits per heavy atom. The first kappa shape index (κ1) is 37.5. The van der Waals surface area contributed by atoms with E-state index in [0.29, 0.717) is 6.42 Å². The average molecular weight is 564 g/mol. The molecule has 38 heavy (non-hydrogen) atoms. The number of unbranched alkanes of at least 4 members (excludes halogenated alkanes) is 23. The SMILES string of the molecule is CCCCCCCCCCCCCCCCCCCCCCCCCCC(=O)NCC(O)COP(=O)(O)O. The normalized spacial score (nSPS) is 12.6. The van der Waals surface area contributed by atoms with Gasteiger partial charge in [-0.15, -0.1) is 0 Å². The summed E-state index contributed by atoms with van der Waals surface area (Å²) in [5, 5.41) is 12.1. The van der Waals surface area contributed by atoms with Gasteiger partial charge in [0.15, 0.2) is 0 Å². The van der Waals surface area contributed by atoms with Crippen LogP contribution in [0.15, 0.2) is 0 Å². The van der Waals surface area contributed by atoms with E-state index in [1.165, 1.54) is 135 Å². The number of rotatable bonds is 30. The van der Waals surface area contributed by atoms with Crippen molar-refractivity contribution in [2.75, 3.05) is 13.2 Å². The number of aliphatic hydroxyl groups is 1. The molecule has 0 heterocycles. The minimum Gasteiger partial charge on any atom is -0.389 e. The Bertz CT molecular complexity index is 557. The Kier molecular flexibility index (Phi) is 27.7. The molecular formula is C30H62NO6P. The first-order valence-corrected chi connectivity index (χ1v) is 17.5. The number of carbonyl (C=O) groups is 1. The molecule has 1 amide bonds.